The van der Waals surface area contributed by atoms with Crippen LogP contribution in [-0.4, -0.2) is 22.1 Å². The third-order valence-corrected chi connectivity index (χ3v) is 4.39. The second-order valence-corrected chi connectivity index (χ2v) is 6.94. The number of pyridine rings is 1. The second kappa shape index (κ2) is 7.78. The van der Waals surface area contributed by atoms with E-state index in [0.717, 1.165) is 12.0 Å². The molecule has 3 rings (SSSR count). The molecule has 0 aliphatic heterocycles. The predicted octanol–water partition coefficient (Wildman–Crippen LogP) is 4.83. The van der Waals surface area contributed by atoms with Gasteiger partial charge in [-0.1, -0.05) is 26.8 Å². The van der Waals surface area contributed by atoms with E-state index in [9.17, 15) is 9.18 Å². The van der Waals surface area contributed by atoms with Gasteiger partial charge in [0.05, 0.1) is 12.3 Å². The summed E-state index contributed by atoms with van der Waals surface area (Å²) in [5.41, 5.74) is 2.20. The number of esters is 1. The first-order valence-corrected chi connectivity index (χ1v) is 9.08. The summed E-state index contributed by atoms with van der Waals surface area (Å²) in [4.78, 5) is 17.1. The van der Waals surface area contributed by atoms with Crippen LogP contribution in [0.15, 0.2) is 36.5 Å². The monoisotopic (exact) mass is 369 g/mol. The van der Waals surface area contributed by atoms with Gasteiger partial charge >= 0.3 is 5.97 Å². The Labute approximate surface area is 158 Å². The van der Waals surface area contributed by atoms with Crippen molar-refractivity contribution >= 4 is 28.5 Å². The predicted molar refractivity (Wildman–Crippen MR) is 105 cm³/mol. The molecule has 142 valence electrons. The van der Waals surface area contributed by atoms with Gasteiger partial charge in [-0.2, -0.15) is 0 Å². The highest BCUT2D eigenvalue weighted by molar-refractivity contribution is 6.09. The fraction of sp³-hybridized carbons (Fsp3) is 0.333. The van der Waals surface area contributed by atoms with E-state index in [4.69, 9.17) is 4.74 Å². The number of carbonyl (C=O) groups is 1. The Hall–Kier alpha value is -2.89. The largest absolute Gasteiger partial charge is 0.462 e. The van der Waals surface area contributed by atoms with Crippen molar-refractivity contribution in [3.05, 3.63) is 53.5 Å². The summed E-state index contributed by atoms with van der Waals surface area (Å²) in [6.07, 6.45) is 2.41. The molecule has 1 N–H and O–H groups in total. The molecule has 6 heteroatoms. The van der Waals surface area contributed by atoms with Crippen LogP contribution in [-0.2, 0) is 18.2 Å². The number of nitrogens with one attached hydrogen (secondary N) is 1. The molecule has 0 atom stereocenters. The number of halogens is 1. The van der Waals surface area contributed by atoms with E-state index in [1.165, 1.54) is 6.07 Å². The smallest absolute Gasteiger partial charge is 0.342 e. The zero-order valence-corrected chi connectivity index (χ0v) is 16.0. The number of carbonyl (C=O) groups excluding carboxylic acids is 1. The number of hydrogen-bond acceptors (Lipinski definition) is 4. The van der Waals surface area contributed by atoms with Crippen LogP contribution in [0.4, 0.5) is 15.9 Å². The van der Waals surface area contributed by atoms with Crippen LogP contribution in [0.3, 0.4) is 0 Å². The lowest BCUT2D eigenvalue weighted by atomic mass is 10.1. The summed E-state index contributed by atoms with van der Waals surface area (Å²) >= 11 is 0. The van der Waals surface area contributed by atoms with Gasteiger partial charge in [0.2, 0.25) is 0 Å². The topological polar surface area (TPSA) is 56.1 Å². The minimum Gasteiger partial charge on any atom is -0.462 e. The Morgan fingerprint density at radius 3 is 2.78 bits per heavy atom. The fourth-order valence-corrected chi connectivity index (χ4v) is 2.94. The molecular weight excluding hydrogens is 345 g/mol. The number of anilines is 2. The zero-order chi connectivity index (χ0) is 19.6. The molecule has 0 radical (unpaired) electrons. The maximum Gasteiger partial charge on any atom is 0.342 e. The highest BCUT2D eigenvalue weighted by atomic mass is 19.1. The van der Waals surface area contributed by atoms with E-state index in [1.807, 2.05) is 32.9 Å². The Kier molecular flexibility index (Phi) is 5.44. The van der Waals surface area contributed by atoms with Gasteiger partial charge in [0.15, 0.2) is 0 Å². The van der Waals surface area contributed by atoms with Crippen molar-refractivity contribution < 1.29 is 13.9 Å². The molecule has 1 aromatic carbocycles. The van der Waals surface area contributed by atoms with Crippen molar-refractivity contribution in [1.82, 2.24) is 9.55 Å². The van der Waals surface area contributed by atoms with Crippen LogP contribution in [0.5, 0.6) is 0 Å². The average Bonchev–Trinajstić information content (AvgIpc) is 2.93. The summed E-state index contributed by atoms with van der Waals surface area (Å²) in [6.45, 7) is 6.23. The standard InChI is InChI=1S/C21H24FN3O2/c1-5-14-8-9-17(16(22)11-14)24-20-18(21(26)27-12-13(2)3)15-7-6-10-23-19(15)25(20)4/h6-11,13,24H,5,12H2,1-4H3. The summed E-state index contributed by atoms with van der Waals surface area (Å²) in [5, 5.41) is 3.73. The third kappa shape index (κ3) is 3.79. The van der Waals surface area contributed by atoms with Crippen LogP contribution in [0.1, 0.15) is 36.7 Å². The molecule has 5 nitrogen and oxygen atoms in total. The summed E-state index contributed by atoms with van der Waals surface area (Å²) in [6, 6.07) is 8.63. The first-order chi connectivity index (χ1) is 12.9. The SMILES string of the molecule is CCc1ccc(Nc2c(C(=O)OCC(C)C)c3cccnc3n2C)c(F)c1. The van der Waals surface area contributed by atoms with Crippen molar-refractivity contribution in [2.24, 2.45) is 13.0 Å². The molecule has 2 aromatic heterocycles. The van der Waals surface area contributed by atoms with Gasteiger partial charge < -0.3 is 14.6 Å². The molecule has 0 unspecified atom stereocenters. The first kappa shape index (κ1) is 18.9. The van der Waals surface area contributed by atoms with Gasteiger partial charge in [0, 0.05) is 18.6 Å². The number of nitrogens with zero attached hydrogens (tertiary/aromatic N) is 2. The minimum atomic E-state index is -0.449. The molecular formula is C21H24FN3O2. The van der Waals surface area contributed by atoms with E-state index in [2.05, 4.69) is 10.3 Å². The number of rotatable bonds is 6. The number of ether oxygens (including phenoxy) is 1. The molecule has 0 amide bonds. The lowest BCUT2D eigenvalue weighted by Crippen LogP contribution is -2.12. The zero-order valence-electron chi connectivity index (χ0n) is 16.0. The highest BCUT2D eigenvalue weighted by Gasteiger charge is 2.24. The normalized spacial score (nSPS) is 11.2. The fourth-order valence-electron chi connectivity index (χ4n) is 2.94. The van der Waals surface area contributed by atoms with Gasteiger partial charge in [0.25, 0.3) is 0 Å². The van der Waals surface area contributed by atoms with Crippen LogP contribution in [0, 0.1) is 11.7 Å². The lowest BCUT2D eigenvalue weighted by Gasteiger charge is -2.13. The Morgan fingerprint density at radius 2 is 2.11 bits per heavy atom. The summed E-state index contributed by atoms with van der Waals surface area (Å²) in [7, 11) is 1.79. The van der Waals surface area contributed by atoms with Gasteiger partial charge in [-0.15, -0.1) is 0 Å². The van der Waals surface area contributed by atoms with E-state index >= 15 is 0 Å². The summed E-state index contributed by atoms with van der Waals surface area (Å²) in [5.74, 6) is -0.137. The molecule has 0 spiro atoms. The number of aryl methyl sites for hydroxylation is 2. The van der Waals surface area contributed by atoms with Gasteiger partial charge in [0.1, 0.15) is 22.8 Å². The van der Waals surface area contributed by atoms with E-state index < -0.39 is 5.97 Å². The highest BCUT2D eigenvalue weighted by Crippen LogP contribution is 2.32. The third-order valence-electron chi connectivity index (χ3n) is 4.39. The van der Waals surface area contributed by atoms with Gasteiger partial charge in [-0.3, -0.25) is 0 Å². The first-order valence-electron chi connectivity index (χ1n) is 9.08. The van der Waals surface area contributed by atoms with Crippen molar-refractivity contribution in [1.29, 1.82) is 0 Å². The van der Waals surface area contributed by atoms with Crippen molar-refractivity contribution in [2.75, 3.05) is 11.9 Å². The second-order valence-electron chi connectivity index (χ2n) is 6.94. The molecule has 0 saturated heterocycles. The van der Waals surface area contributed by atoms with Crippen LogP contribution >= 0.6 is 0 Å². The number of aromatic nitrogens is 2. The van der Waals surface area contributed by atoms with Crippen LogP contribution in [0.25, 0.3) is 11.0 Å². The molecule has 27 heavy (non-hydrogen) atoms. The Morgan fingerprint density at radius 1 is 1.33 bits per heavy atom. The van der Waals surface area contributed by atoms with Crippen LogP contribution < -0.4 is 5.32 Å². The molecule has 2 heterocycles. The Balaban J connectivity index is 2.07. The Bertz CT molecular complexity index is 979. The average molecular weight is 369 g/mol. The van der Waals surface area contributed by atoms with Crippen molar-refractivity contribution in [3.63, 3.8) is 0 Å². The molecule has 0 bridgehead atoms. The van der Waals surface area contributed by atoms with E-state index in [1.54, 1.807) is 29.9 Å². The molecule has 3 aromatic rings. The minimum absolute atomic E-state index is 0.220. The molecule has 0 saturated carbocycles. The lowest BCUT2D eigenvalue weighted by molar-refractivity contribution is 0.0462. The quantitative estimate of drug-likeness (QED) is 0.632. The van der Waals surface area contributed by atoms with Crippen molar-refractivity contribution in [3.8, 4) is 0 Å². The van der Waals surface area contributed by atoms with E-state index in [0.29, 0.717) is 34.7 Å². The summed E-state index contributed by atoms with van der Waals surface area (Å²) < 4.78 is 21.7. The van der Waals surface area contributed by atoms with E-state index in [-0.39, 0.29) is 11.7 Å². The number of fused-ring (bicyclic) bond motifs is 1. The van der Waals surface area contributed by atoms with Crippen LogP contribution in [0.2, 0.25) is 0 Å². The van der Waals surface area contributed by atoms with Gasteiger partial charge in [-0.25, -0.2) is 14.2 Å². The van der Waals surface area contributed by atoms with Gasteiger partial charge in [-0.05, 0) is 42.2 Å². The molecule has 0 aliphatic carbocycles. The van der Waals surface area contributed by atoms with Crippen molar-refractivity contribution in [2.45, 2.75) is 27.2 Å². The number of hydrogen-bond donors (Lipinski definition) is 1. The maximum atomic E-state index is 14.5. The maximum absolute atomic E-state index is 14.5. The molecule has 0 aliphatic rings. The number of benzene rings is 1. The molecule has 0 fully saturated rings.